The summed E-state index contributed by atoms with van der Waals surface area (Å²) in [6, 6.07) is 12.0. The van der Waals surface area contributed by atoms with Crippen molar-refractivity contribution < 1.29 is 27.8 Å². The third kappa shape index (κ3) is 5.25. The topological polar surface area (TPSA) is 76.7 Å². The Bertz CT molecular complexity index is 768. The van der Waals surface area contributed by atoms with Crippen LogP contribution in [0.4, 0.5) is 14.5 Å². The SMILES string of the molecule is COCCNC(=O)c1ccccc1NC(=O)c1ccccc1OC(F)F. The Balaban J connectivity index is 2.19. The number of benzene rings is 2. The zero-order chi connectivity index (χ0) is 18.9. The number of nitrogens with one attached hydrogen (secondary N) is 2. The van der Waals surface area contributed by atoms with Gasteiger partial charge in [0, 0.05) is 13.7 Å². The lowest BCUT2D eigenvalue weighted by Gasteiger charge is -2.13. The number of carbonyl (C=O) groups is 2. The van der Waals surface area contributed by atoms with E-state index in [9.17, 15) is 18.4 Å². The summed E-state index contributed by atoms with van der Waals surface area (Å²) in [5.74, 6) is -1.31. The van der Waals surface area contributed by atoms with E-state index < -0.39 is 18.4 Å². The normalized spacial score (nSPS) is 10.5. The highest BCUT2D eigenvalue weighted by atomic mass is 19.3. The molecule has 0 spiro atoms. The molecule has 0 fully saturated rings. The minimum atomic E-state index is -3.05. The van der Waals surface area contributed by atoms with Gasteiger partial charge in [0.25, 0.3) is 11.8 Å². The molecule has 26 heavy (non-hydrogen) atoms. The van der Waals surface area contributed by atoms with Crippen LogP contribution in [0, 0.1) is 0 Å². The van der Waals surface area contributed by atoms with Crippen LogP contribution in [-0.4, -0.2) is 38.7 Å². The van der Waals surface area contributed by atoms with Crippen LogP contribution in [-0.2, 0) is 4.74 Å². The van der Waals surface area contributed by atoms with Gasteiger partial charge in [-0.3, -0.25) is 9.59 Å². The third-order valence-electron chi connectivity index (χ3n) is 3.36. The summed E-state index contributed by atoms with van der Waals surface area (Å²) in [6.45, 7) is -2.40. The zero-order valence-corrected chi connectivity index (χ0v) is 14.0. The summed E-state index contributed by atoms with van der Waals surface area (Å²) in [4.78, 5) is 24.7. The Morgan fingerprint density at radius 1 is 1.00 bits per heavy atom. The van der Waals surface area contributed by atoms with Crippen molar-refractivity contribution in [1.29, 1.82) is 0 Å². The van der Waals surface area contributed by atoms with Crippen LogP contribution in [0.1, 0.15) is 20.7 Å². The molecule has 8 heteroatoms. The van der Waals surface area contributed by atoms with Crippen molar-refractivity contribution in [3.05, 3.63) is 59.7 Å². The van der Waals surface area contributed by atoms with Crippen molar-refractivity contribution in [2.45, 2.75) is 6.61 Å². The highest BCUT2D eigenvalue weighted by Crippen LogP contribution is 2.23. The van der Waals surface area contributed by atoms with Crippen LogP contribution in [0.5, 0.6) is 5.75 Å². The fraction of sp³-hybridized carbons (Fsp3) is 0.222. The first kappa shape index (κ1) is 19.3. The van der Waals surface area contributed by atoms with Crippen LogP contribution >= 0.6 is 0 Å². The van der Waals surface area contributed by atoms with Crippen molar-refractivity contribution in [2.24, 2.45) is 0 Å². The Labute approximate surface area is 149 Å². The van der Waals surface area contributed by atoms with Crippen molar-refractivity contribution in [1.82, 2.24) is 5.32 Å². The van der Waals surface area contributed by atoms with Gasteiger partial charge in [0.15, 0.2) is 0 Å². The van der Waals surface area contributed by atoms with Crippen LogP contribution in [0.25, 0.3) is 0 Å². The van der Waals surface area contributed by atoms with Crippen molar-refractivity contribution >= 4 is 17.5 Å². The maximum atomic E-state index is 12.5. The van der Waals surface area contributed by atoms with Gasteiger partial charge in [-0.2, -0.15) is 8.78 Å². The number of rotatable bonds is 8. The number of ether oxygens (including phenoxy) is 2. The molecule has 0 heterocycles. The average molecular weight is 364 g/mol. The molecule has 0 unspecified atom stereocenters. The number of carbonyl (C=O) groups excluding carboxylic acids is 2. The highest BCUT2D eigenvalue weighted by molar-refractivity contribution is 6.10. The predicted molar refractivity (Wildman–Crippen MR) is 91.7 cm³/mol. The summed E-state index contributed by atoms with van der Waals surface area (Å²) in [7, 11) is 1.51. The second-order valence-corrected chi connectivity index (χ2v) is 5.12. The largest absolute Gasteiger partial charge is 0.434 e. The van der Waals surface area contributed by atoms with Gasteiger partial charge in [-0.05, 0) is 24.3 Å². The number of methoxy groups -OCH3 is 1. The first-order valence-corrected chi connectivity index (χ1v) is 7.74. The molecule has 0 saturated heterocycles. The number of halogens is 2. The molecule has 2 aromatic carbocycles. The molecule has 0 bridgehead atoms. The molecule has 2 aromatic rings. The Morgan fingerprint density at radius 3 is 2.35 bits per heavy atom. The fourth-order valence-electron chi connectivity index (χ4n) is 2.19. The van der Waals surface area contributed by atoms with E-state index in [4.69, 9.17) is 4.74 Å². The van der Waals surface area contributed by atoms with Crippen LogP contribution in [0.15, 0.2) is 48.5 Å². The summed E-state index contributed by atoms with van der Waals surface area (Å²) >= 11 is 0. The predicted octanol–water partition coefficient (Wildman–Crippen LogP) is 2.92. The van der Waals surface area contributed by atoms with E-state index in [0.717, 1.165) is 0 Å². The molecule has 0 aliphatic carbocycles. The van der Waals surface area contributed by atoms with Gasteiger partial charge in [-0.25, -0.2) is 0 Å². The standard InChI is InChI=1S/C18H18F2N2O4/c1-25-11-10-21-16(23)12-6-2-4-8-14(12)22-17(24)13-7-3-5-9-15(13)26-18(19)20/h2-9,18H,10-11H2,1H3,(H,21,23)(H,22,24). The Morgan fingerprint density at radius 2 is 1.65 bits per heavy atom. The molecule has 138 valence electrons. The third-order valence-corrected chi connectivity index (χ3v) is 3.36. The molecule has 0 aliphatic rings. The van der Waals surface area contributed by atoms with Gasteiger partial charge < -0.3 is 20.1 Å². The lowest BCUT2D eigenvalue weighted by atomic mass is 10.1. The molecule has 0 saturated carbocycles. The van der Waals surface area contributed by atoms with Crippen molar-refractivity contribution in [2.75, 3.05) is 25.6 Å². The second kappa shape index (κ2) is 9.47. The maximum Gasteiger partial charge on any atom is 0.387 e. The first-order chi connectivity index (χ1) is 12.5. The minimum Gasteiger partial charge on any atom is -0.434 e. The molecule has 0 atom stereocenters. The van der Waals surface area contributed by atoms with Crippen LogP contribution < -0.4 is 15.4 Å². The van der Waals surface area contributed by atoms with E-state index in [0.29, 0.717) is 13.2 Å². The molecule has 2 N–H and O–H groups in total. The van der Waals surface area contributed by atoms with E-state index >= 15 is 0 Å². The number of alkyl halides is 2. The number of amides is 2. The van der Waals surface area contributed by atoms with Gasteiger partial charge in [0.2, 0.25) is 0 Å². The van der Waals surface area contributed by atoms with Gasteiger partial charge in [0.05, 0.1) is 23.4 Å². The molecule has 0 radical (unpaired) electrons. The summed E-state index contributed by atoms with van der Waals surface area (Å²) in [6.07, 6.45) is 0. The van der Waals surface area contributed by atoms with Gasteiger partial charge in [0.1, 0.15) is 5.75 Å². The molecule has 2 rings (SSSR count). The van der Waals surface area contributed by atoms with E-state index in [2.05, 4.69) is 15.4 Å². The Kier molecular flexibility index (Phi) is 7.04. The lowest BCUT2D eigenvalue weighted by molar-refractivity contribution is -0.0501. The van der Waals surface area contributed by atoms with E-state index in [-0.39, 0.29) is 22.6 Å². The van der Waals surface area contributed by atoms with E-state index in [1.165, 1.54) is 31.4 Å². The number of hydrogen-bond acceptors (Lipinski definition) is 4. The maximum absolute atomic E-state index is 12.5. The van der Waals surface area contributed by atoms with Crippen molar-refractivity contribution in [3.63, 3.8) is 0 Å². The molecule has 0 aliphatic heterocycles. The molecular weight excluding hydrogens is 346 g/mol. The number of para-hydroxylation sites is 2. The molecule has 2 amide bonds. The van der Waals surface area contributed by atoms with Gasteiger partial charge >= 0.3 is 6.61 Å². The van der Waals surface area contributed by atoms with Gasteiger partial charge in [-0.15, -0.1) is 0 Å². The molecule has 6 nitrogen and oxygen atoms in total. The zero-order valence-electron chi connectivity index (χ0n) is 14.0. The molecule has 0 aromatic heterocycles. The summed E-state index contributed by atoms with van der Waals surface area (Å²) < 4.78 is 34.2. The average Bonchev–Trinajstić information content (AvgIpc) is 2.62. The van der Waals surface area contributed by atoms with E-state index in [1.54, 1.807) is 24.3 Å². The number of hydrogen-bond donors (Lipinski definition) is 2. The Hall–Kier alpha value is -3.00. The smallest absolute Gasteiger partial charge is 0.387 e. The highest BCUT2D eigenvalue weighted by Gasteiger charge is 2.18. The minimum absolute atomic E-state index is 0.0672. The quantitative estimate of drug-likeness (QED) is 0.706. The second-order valence-electron chi connectivity index (χ2n) is 5.12. The lowest BCUT2D eigenvalue weighted by Crippen LogP contribution is -2.28. The van der Waals surface area contributed by atoms with Crippen LogP contribution in [0.2, 0.25) is 0 Å². The molecular formula is C18H18F2N2O4. The van der Waals surface area contributed by atoms with Crippen LogP contribution in [0.3, 0.4) is 0 Å². The number of anilines is 1. The summed E-state index contributed by atoms with van der Waals surface area (Å²) in [5.41, 5.74) is 0.422. The van der Waals surface area contributed by atoms with Crippen molar-refractivity contribution in [3.8, 4) is 5.75 Å². The van der Waals surface area contributed by atoms with Gasteiger partial charge in [-0.1, -0.05) is 24.3 Å². The monoisotopic (exact) mass is 364 g/mol. The van der Waals surface area contributed by atoms with E-state index in [1.807, 2.05) is 0 Å². The first-order valence-electron chi connectivity index (χ1n) is 7.74. The fourth-order valence-corrected chi connectivity index (χ4v) is 2.19. The summed E-state index contributed by atoms with van der Waals surface area (Å²) in [5, 5.41) is 5.21.